The van der Waals surface area contributed by atoms with Crippen LogP contribution in [0.2, 0.25) is 10.0 Å². The Morgan fingerprint density at radius 3 is 2.31 bits per heavy atom. The number of aliphatic hydroxyl groups is 1. The van der Waals surface area contributed by atoms with Crippen LogP contribution in [0, 0.1) is 0 Å². The Hall–Kier alpha value is -0.150. The van der Waals surface area contributed by atoms with Crippen molar-refractivity contribution in [2.24, 2.45) is 0 Å². The van der Waals surface area contributed by atoms with Crippen molar-refractivity contribution in [3.05, 3.63) is 27.7 Å². The minimum absolute atomic E-state index is 0.00271. The molecule has 1 aromatic carbocycles. The molecule has 90 valence electrons. The first-order valence-electron chi connectivity index (χ1n) is 4.88. The van der Waals surface area contributed by atoms with Crippen molar-refractivity contribution in [2.45, 2.75) is 12.8 Å². The van der Waals surface area contributed by atoms with Gasteiger partial charge in [0.15, 0.2) is 5.75 Å². The first kappa shape index (κ1) is 13.9. The van der Waals surface area contributed by atoms with Crippen LogP contribution in [0.5, 0.6) is 5.75 Å². The largest absolute Gasteiger partial charge is 0.489 e. The Labute approximate surface area is 110 Å². The van der Waals surface area contributed by atoms with Crippen molar-refractivity contribution in [3.63, 3.8) is 0 Å². The molecule has 0 radical (unpaired) electrons. The monoisotopic (exact) mass is 282 g/mol. The lowest BCUT2D eigenvalue weighted by Gasteiger charge is -2.13. The molecule has 1 atom stereocenters. The van der Waals surface area contributed by atoms with Crippen molar-refractivity contribution in [2.75, 3.05) is 19.1 Å². The molecule has 0 aromatic heterocycles. The SMILES string of the molecule is CC(CO)c1cc(Cl)c(OCCCl)c(Cl)c1. The van der Waals surface area contributed by atoms with Crippen LogP contribution in [0.3, 0.4) is 0 Å². The van der Waals surface area contributed by atoms with Crippen LogP contribution >= 0.6 is 34.8 Å². The maximum Gasteiger partial charge on any atom is 0.156 e. The van der Waals surface area contributed by atoms with Crippen molar-refractivity contribution >= 4 is 34.8 Å². The van der Waals surface area contributed by atoms with Crippen LogP contribution in [0.1, 0.15) is 18.4 Å². The van der Waals surface area contributed by atoms with E-state index in [-0.39, 0.29) is 12.5 Å². The zero-order valence-electron chi connectivity index (χ0n) is 8.84. The Balaban J connectivity index is 2.97. The predicted molar refractivity (Wildman–Crippen MR) is 68.2 cm³/mol. The molecule has 0 fully saturated rings. The molecule has 0 heterocycles. The molecule has 1 unspecified atom stereocenters. The van der Waals surface area contributed by atoms with Gasteiger partial charge in [-0.25, -0.2) is 0 Å². The number of hydrogen-bond donors (Lipinski definition) is 1. The molecule has 16 heavy (non-hydrogen) atoms. The van der Waals surface area contributed by atoms with E-state index in [1.807, 2.05) is 6.92 Å². The average molecular weight is 284 g/mol. The number of hydrogen-bond acceptors (Lipinski definition) is 2. The van der Waals surface area contributed by atoms with Gasteiger partial charge in [0, 0.05) is 12.5 Å². The summed E-state index contributed by atoms with van der Waals surface area (Å²) in [5.41, 5.74) is 0.885. The molecule has 1 rings (SSSR count). The lowest BCUT2D eigenvalue weighted by Crippen LogP contribution is -2.02. The van der Waals surface area contributed by atoms with E-state index in [2.05, 4.69) is 0 Å². The predicted octanol–water partition coefficient (Wildman–Crippen LogP) is 3.71. The van der Waals surface area contributed by atoms with Gasteiger partial charge in [-0.1, -0.05) is 30.1 Å². The Kier molecular flexibility index (Phi) is 5.70. The van der Waals surface area contributed by atoms with E-state index < -0.39 is 0 Å². The summed E-state index contributed by atoms with van der Waals surface area (Å²) in [6.45, 7) is 2.30. The number of ether oxygens (including phenoxy) is 1. The van der Waals surface area contributed by atoms with E-state index in [1.165, 1.54) is 0 Å². The van der Waals surface area contributed by atoms with E-state index in [1.54, 1.807) is 12.1 Å². The number of rotatable bonds is 5. The van der Waals surface area contributed by atoms with Crippen LogP contribution < -0.4 is 4.74 Å². The Bertz CT molecular complexity index is 332. The second-order valence-corrected chi connectivity index (χ2v) is 4.63. The van der Waals surface area contributed by atoms with Crippen LogP contribution in [0.4, 0.5) is 0 Å². The Morgan fingerprint density at radius 1 is 1.31 bits per heavy atom. The van der Waals surface area contributed by atoms with Gasteiger partial charge in [0.1, 0.15) is 6.61 Å². The van der Waals surface area contributed by atoms with Gasteiger partial charge in [0.25, 0.3) is 0 Å². The lowest BCUT2D eigenvalue weighted by atomic mass is 10.0. The van der Waals surface area contributed by atoms with Crippen molar-refractivity contribution in [1.82, 2.24) is 0 Å². The average Bonchev–Trinajstić information content (AvgIpc) is 2.26. The molecule has 1 N–H and O–H groups in total. The number of benzene rings is 1. The van der Waals surface area contributed by atoms with Crippen LogP contribution in [0.25, 0.3) is 0 Å². The zero-order chi connectivity index (χ0) is 12.1. The maximum atomic E-state index is 9.05. The third-order valence-corrected chi connectivity index (χ3v) is 2.90. The second kappa shape index (κ2) is 6.55. The van der Waals surface area contributed by atoms with E-state index in [4.69, 9.17) is 44.6 Å². The van der Waals surface area contributed by atoms with Crippen molar-refractivity contribution < 1.29 is 9.84 Å². The number of halogens is 3. The van der Waals surface area contributed by atoms with Crippen molar-refractivity contribution in [1.29, 1.82) is 0 Å². The quantitative estimate of drug-likeness (QED) is 0.835. The molecule has 0 saturated carbocycles. The molecule has 2 nitrogen and oxygen atoms in total. The van der Waals surface area contributed by atoms with Crippen LogP contribution in [-0.2, 0) is 0 Å². The summed E-state index contributed by atoms with van der Waals surface area (Å²) in [5, 5.41) is 9.92. The third kappa shape index (κ3) is 3.42. The van der Waals surface area contributed by atoms with Crippen molar-refractivity contribution in [3.8, 4) is 5.75 Å². The number of alkyl halides is 1. The Morgan fingerprint density at radius 2 is 1.88 bits per heavy atom. The van der Waals surface area contributed by atoms with Gasteiger partial charge in [0.05, 0.1) is 15.9 Å². The molecule has 0 bridgehead atoms. The minimum Gasteiger partial charge on any atom is -0.489 e. The highest BCUT2D eigenvalue weighted by Gasteiger charge is 2.12. The summed E-state index contributed by atoms with van der Waals surface area (Å²) in [6.07, 6.45) is 0. The van der Waals surface area contributed by atoms with Gasteiger partial charge < -0.3 is 9.84 Å². The molecule has 0 saturated heterocycles. The summed E-state index contributed by atoms with van der Waals surface area (Å²) in [7, 11) is 0. The molecule has 0 spiro atoms. The third-order valence-electron chi connectivity index (χ3n) is 2.19. The van der Waals surface area contributed by atoms with E-state index in [9.17, 15) is 0 Å². The highest BCUT2D eigenvalue weighted by molar-refractivity contribution is 6.37. The molecule has 0 amide bonds. The smallest absolute Gasteiger partial charge is 0.156 e. The summed E-state index contributed by atoms with van der Waals surface area (Å²) in [4.78, 5) is 0. The summed E-state index contributed by atoms with van der Waals surface area (Å²) < 4.78 is 5.33. The van der Waals surface area contributed by atoms with Gasteiger partial charge in [-0.2, -0.15) is 0 Å². The van der Waals surface area contributed by atoms with Gasteiger partial charge >= 0.3 is 0 Å². The lowest BCUT2D eigenvalue weighted by molar-refractivity contribution is 0.273. The summed E-state index contributed by atoms with van der Waals surface area (Å²) in [6, 6.07) is 3.50. The van der Waals surface area contributed by atoms with E-state index in [0.717, 1.165) is 5.56 Å². The fourth-order valence-corrected chi connectivity index (χ4v) is 1.94. The fraction of sp³-hybridized carbons (Fsp3) is 0.455. The molecule has 0 aliphatic heterocycles. The van der Waals surface area contributed by atoms with Crippen LogP contribution in [0.15, 0.2) is 12.1 Å². The van der Waals surface area contributed by atoms with Gasteiger partial charge in [-0.05, 0) is 17.7 Å². The molecule has 0 aliphatic rings. The highest BCUT2D eigenvalue weighted by Crippen LogP contribution is 2.36. The highest BCUT2D eigenvalue weighted by atomic mass is 35.5. The molecule has 0 aliphatic carbocycles. The standard InChI is InChI=1S/C11H13Cl3O2/c1-7(6-15)8-4-9(13)11(10(14)5-8)16-3-2-12/h4-5,7,15H,2-3,6H2,1H3. The zero-order valence-corrected chi connectivity index (χ0v) is 11.1. The maximum absolute atomic E-state index is 9.05. The van der Waals surface area contributed by atoms with Gasteiger partial charge in [0.2, 0.25) is 0 Å². The topological polar surface area (TPSA) is 29.5 Å². The second-order valence-electron chi connectivity index (χ2n) is 3.43. The van der Waals surface area contributed by atoms with E-state index >= 15 is 0 Å². The molecule has 1 aromatic rings. The minimum atomic E-state index is -0.00271. The first-order valence-corrected chi connectivity index (χ1v) is 6.17. The van der Waals surface area contributed by atoms with E-state index in [0.29, 0.717) is 28.3 Å². The first-order chi connectivity index (χ1) is 7.60. The summed E-state index contributed by atoms with van der Waals surface area (Å²) >= 11 is 17.6. The summed E-state index contributed by atoms with van der Waals surface area (Å²) in [5.74, 6) is 0.816. The number of aliphatic hydroxyl groups excluding tert-OH is 1. The molecular formula is C11H13Cl3O2. The normalized spacial score (nSPS) is 12.6. The molecular weight excluding hydrogens is 270 g/mol. The van der Waals surface area contributed by atoms with Crippen LogP contribution in [-0.4, -0.2) is 24.2 Å². The molecule has 5 heteroatoms. The van der Waals surface area contributed by atoms with Gasteiger partial charge in [-0.15, -0.1) is 11.6 Å². The van der Waals surface area contributed by atoms with Gasteiger partial charge in [-0.3, -0.25) is 0 Å². The fourth-order valence-electron chi connectivity index (χ4n) is 1.25.